The molecular weight excluding hydrogens is 334 g/mol. The number of nitrogens with zero attached hydrogens (tertiary/aromatic N) is 1. The van der Waals surface area contributed by atoms with E-state index < -0.39 is 16.4 Å². The van der Waals surface area contributed by atoms with Gasteiger partial charge in [0.1, 0.15) is 17.9 Å². The Morgan fingerprint density at radius 2 is 2.04 bits per heavy atom. The quantitative estimate of drug-likeness (QED) is 0.600. The lowest BCUT2D eigenvalue weighted by atomic mass is 10.2. The largest absolute Gasteiger partial charge is 0.357 e. The molecule has 7 heteroatoms. The fraction of sp³-hybridized carbons (Fsp3) is 0.412. The highest BCUT2D eigenvalue weighted by Gasteiger charge is 2.20. The summed E-state index contributed by atoms with van der Waals surface area (Å²) in [7, 11) is 1.82. The van der Waals surface area contributed by atoms with E-state index in [2.05, 4.69) is 17.4 Å². The van der Waals surface area contributed by atoms with Crippen LogP contribution in [0, 0.1) is 11.6 Å². The maximum absolute atomic E-state index is 13.1. The molecule has 1 aromatic heterocycles. The third-order valence-electron chi connectivity index (χ3n) is 2.86. The van der Waals surface area contributed by atoms with Gasteiger partial charge in [-0.15, -0.1) is 11.8 Å². The molecular formula is C17H22F2N2O2S. The van der Waals surface area contributed by atoms with Gasteiger partial charge in [0.25, 0.3) is 0 Å². The highest BCUT2D eigenvalue weighted by Crippen LogP contribution is 2.32. The van der Waals surface area contributed by atoms with E-state index in [1.807, 2.05) is 13.1 Å². The summed E-state index contributed by atoms with van der Waals surface area (Å²) in [5.74, 6) is -0.510. The number of carbonyl (C=O) groups excluding carboxylic acids is 1. The molecule has 0 unspecified atom stereocenters. The van der Waals surface area contributed by atoms with Crippen LogP contribution in [0.5, 0.6) is 0 Å². The fourth-order valence-corrected chi connectivity index (χ4v) is 2.58. The highest BCUT2D eigenvalue weighted by molar-refractivity contribution is 8.01. The van der Waals surface area contributed by atoms with Crippen LogP contribution < -0.4 is 5.32 Å². The molecule has 0 aliphatic heterocycles. The van der Waals surface area contributed by atoms with E-state index in [9.17, 15) is 13.6 Å². The molecule has 0 aliphatic carbocycles. The first kappa shape index (κ1) is 20.2. The van der Waals surface area contributed by atoms with Crippen LogP contribution in [-0.4, -0.2) is 23.2 Å². The first-order valence-corrected chi connectivity index (χ1v) is 8.36. The number of hydrogen-bond donors (Lipinski definition) is 1. The van der Waals surface area contributed by atoms with Crippen molar-refractivity contribution in [2.75, 3.05) is 12.4 Å². The molecule has 0 spiro atoms. The maximum Gasteiger partial charge on any atom is 0.224 e. The SMILES string of the molecule is CC(C)(C=O)Sc1ccc(F)cc1F.CCCc1cc(NC)on1. The van der Waals surface area contributed by atoms with E-state index in [1.165, 1.54) is 12.1 Å². The van der Waals surface area contributed by atoms with Crippen molar-refractivity contribution < 1.29 is 18.1 Å². The van der Waals surface area contributed by atoms with Gasteiger partial charge in [-0.25, -0.2) is 8.78 Å². The molecule has 0 amide bonds. The molecule has 0 aliphatic rings. The van der Waals surface area contributed by atoms with Crippen molar-refractivity contribution in [1.29, 1.82) is 0 Å². The number of hydrogen-bond acceptors (Lipinski definition) is 5. The number of aryl methyl sites for hydroxylation is 1. The second-order valence-electron chi connectivity index (χ2n) is 5.58. The molecule has 2 aromatic rings. The molecule has 2 rings (SSSR count). The predicted octanol–water partition coefficient (Wildman–Crippen LogP) is 4.70. The number of carbonyl (C=O) groups is 1. The Balaban J connectivity index is 0.000000254. The van der Waals surface area contributed by atoms with Gasteiger partial charge >= 0.3 is 0 Å². The van der Waals surface area contributed by atoms with E-state index in [1.54, 1.807) is 13.8 Å². The van der Waals surface area contributed by atoms with Gasteiger partial charge in [-0.05, 0) is 32.4 Å². The fourth-order valence-electron chi connectivity index (χ4n) is 1.67. The molecule has 1 aromatic carbocycles. The summed E-state index contributed by atoms with van der Waals surface area (Å²) in [6, 6.07) is 5.24. The van der Waals surface area contributed by atoms with Gasteiger partial charge in [-0.3, -0.25) is 0 Å². The van der Waals surface area contributed by atoms with Crippen LogP contribution in [0.4, 0.5) is 14.7 Å². The van der Waals surface area contributed by atoms with Gasteiger partial charge in [0, 0.05) is 24.1 Å². The van der Waals surface area contributed by atoms with E-state index in [0.29, 0.717) is 0 Å². The smallest absolute Gasteiger partial charge is 0.224 e. The Labute approximate surface area is 145 Å². The highest BCUT2D eigenvalue weighted by atomic mass is 32.2. The number of halogens is 2. The zero-order valence-corrected chi connectivity index (χ0v) is 15.0. The van der Waals surface area contributed by atoms with Gasteiger partial charge in [-0.1, -0.05) is 18.5 Å². The minimum atomic E-state index is -0.696. The second-order valence-corrected chi connectivity index (χ2v) is 7.28. The van der Waals surface area contributed by atoms with E-state index in [0.717, 1.165) is 48.5 Å². The minimum absolute atomic E-state index is 0.281. The summed E-state index contributed by atoms with van der Waals surface area (Å²) in [4.78, 5) is 10.9. The van der Waals surface area contributed by atoms with Crippen LogP contribution >= 0.6 is 11.8 Å². The average molecular weight is 356 g/mol. The molecule has 1 N–H and O–H groups in total. The lowest BCUT2D eigenvalue weighted by molar-refractivity contribution is -0.109. The summed E-state index contributed by atoms with van der Waals surface area (Å²) in [5, 5.41) is 6.72. The van der Waals surface area contributed by atoms with Crippen molar-refractivity contribution in [3.05, 3.63) is 41.6 Å². The number of aldehydes is 1. The molecule has 1 heterocycles. The number of benzene rings is 1. The third-order valence-corrected chi connectivity index (χ3v) is 4.04. The van der Waals surface area contributed by atoms with Crippen LogP contribution in [0.1, 0.15) is 32.9 Å². The van der Waals surface area contributed by atoms with Crippen LogP contribution in [0.2, 0.25) is 0 Å². The van der Waals surface area contributed by atoms with Crippen molar-refractivity contribution in [3.8, 4) is 0 Å². The maximum atomic E-state index is 13.1. The number of nitrogens with one attached hydrogen (secondary N) is 1. The van der Waals surface area contributed by atoms with Crippen LogP contribution in [0.25, 0.3) is 0 Å². The standard InChI is InChI=1S/C10H10F2OS.C7H12N2O/c1-10(2,6-13)14-9-4-3-7(11)5-8(9)12;1-3-4-6-5-7(8-2)10-9-6/h3-6H,1-2H3;5,8H,3-4H2,1-2H3. The van der Waals surface area contributed by atoms with Gasteiger partial charge in [0.2, 0.25) is 5.88 Å². The summed E-state index contributed by atoms with van der Waals surface area (Å²) in [6.45, 7) is 5.47. The van der Waals surface area contributed by atoms with Crippen molar-refractivity contribution in [2.24, 2.45) is 0 Å². The number of anilines is 1. The monoisotopic (exact) mass is 356 g/mol. The van der Waals surface area contributed by atoms with Crippen molar-refractivity contribution >= 4 is 23.9 Å². The topological polar surface area (TPSA) is 55.1 Å². The molecule has 0 saturated carbocycles. The Bertz CT molecular complexity index is 660. The van der Waals surface area contributed by atoms with Gasteiger partial charge in [-0.2, -0.15) is 0 Å². The third kappa shape index (κ3) is 6.70. The first-order valence-electron chi connectivity index (χ1n) is 7.55. The zero-order chi connectivity index (χ0) is 18.2. The normalized spacial score (nSPS) is 10.8. The van der Waals surface area contributed by atoms with Crippen LogP contribution in [-0.2, 0) is 11.2 Å². The number of thioether (sulfide) groups is 1. The molecule has 0 bridgehead atoms. The Morgan fingerprint density at radius 1 is 1.33 bits per heavy atom. The van der Waals surface area contributed by atoms with Crippen molar-refractivity contribution in [1.82, 2.24) is 5.16 Å². The van der Waals surface area contributed by atoms with E-state index in [4.69, 9.17) is 4.52 Å². The lowest BCUT2D eigenvalue weighted by Crippen LogP contribution is -2.16. The Morgan fingerprint density at radius 3 is 2.54 bits per heavy atom. The summed E-state index contributed by atoms with van der Waals surface area (Å²) < 4.78 is 29.9. The summed E-state index contributed by atoms with van der Waals surface area (Å²) >= 11 is 1.07. The van der Waals surface area contributed by atoms with E-state index >= 15 is 0 Å². The van der Waals surface area contributed by atoms with Gasteiger partial charge in [0.15, 0.2) is 0 Å². The van der Waals surface area contributed by atoms with Crippen LogP contribution in [0.15, 0.2) is 33.7 Å². The molecule has 0 radical (unpaired) electrons. The molecule has 0 fully saturated rings. The molecule has 4 nitrogen and oxygen atoms in total. The van der Waals surface area contributed by atoms with Crippen LogP contribution in [0.3, 0.4) is 0 Å². The second kappa shape index (κ2) is 9.42. The summed E-state index contributed by atoms with van der Waals surface area (Å²) in [6.07, 6.45) is 2.83. The zero-order valence-electron chi connectivity index (χ0n) is 14.2. The van der Waals surface area contributed by atoms with Crippen molar-refractivity contribution in [3.63, 3.8) is 0 Å². The average Bonchev–Trinajstić information content (AvgIpc) is 2.99. The van der Waals surface area contributed by atoms with E-state index in [-0.39, 0.29) is 4.90 Å². The van der Waals surface area contributed by atoms with Crippen molar-refractivity contribution in [2.45, 2.75) is 43.3 Å². The summed E-state index contributed by atoms with van der Waals surface area (Å²) in [5.41, 5.74) is 1.02. The molecule has 0 atom stereocenters. The van der Waals surface area contributed by atoms with Gasteiger partial charge in [0.05, 0.1) is 10.4 Å². The predicted molar refractivity (Wildman–Crippen MR) is 92.4 cm³/mol. The Hall–Kier alpha value is -1.89. The Kier molecular flexibility index (Phi) is 7.91. The lowest BCUT2D eigenvalue weighted by Gasteiger charge is -2.16. The minimum Gasteiger partial charge on any atom is -0.357 e. The van der Waals surface area contributed by atoms with Gasteiger partial charge < -0.3 is 14.6 Å². The first-order chi connectivity index (χ1) is 11.3. The molecule has 24 heavy (non-hydrogen) atoms. The number of rotatable bonds is 6. The molecule has 132 valence electrons. The number of aromatic nitrogens is 1. The molecule has 0 saturated heterocycles.